The summed E-state index contributed by atoms with van der Waals surface area (Å²) in [6.45, 7) is 5.91. The maximum absolute atomic E-state index is 13.5. The molecule has 0 saturated heterocycles. The van der Waals surface area contributed by atoms with Gasteiger partial charge in [-0.05, 0) is 19.1 Å². The molecule has 0 aliphatic heterocycles. The third-order valence-corrected chi connectivity index (χ3v) is 2.66. The molecule has 1 aromatic carbocycles. The standard InChI is InChI=1S/C11H12BrClFN/c1-7(13)6-15-8(2)10-4-3-9(12)5-11(10)14/h3-5,8,15H,1,6H2,2H3. The second-order valence-electron chi connectivity index (χ2n) is 3.29. The first-order valence-electron chi connectivity index (χ1n) is 4.52. The van der Waals surface area contributed by atoms with Gasteiger partial charge in [0.15, 0.2) is 0 Å². The van der Waals surface area contributed by atoms with Crippen molar-refractivity contribution in [2.24, 2.45) is 0 Å². The summed E-state index contributed by atoms with van der Waals surface area (Å²) in [5, 5.41) is 3.59. The van der Waals surface area contributed by atoms with Gasteiger partial charge in [0.05, 0.1) is 0 Å². The van der Waals surface area contributed by atoms with Crippen LogP contribution in [0, 0.1) is 5.82 Å². The van der Waals surface area contributed by atoms with Crippen LogP contribution in [0.15, 0.2) is 34.3 Å². The van der Waals surface area contributed by atoms with Crippen molar-refractivity contribution in [2.45, 2.75) is 13.0 Å². The van der Waals surface area contributed by atoms with Crippen LogP contribution < -0.4 is 5.32 Å². The zero-order valence-electron chi connectivity index (χ0n) is 8.36. The Morgan fingerprint density at radius 2 is 2.33 bits per heavy atom. The van der Waals surface area contributed by atoms with Crippen molar-refractivity contribution in [3.63, 3.8) is 0 Å². The van der Waals surface area contributed by atoms with Crippen molar-refractivity contribution >= 4 is 27.5 Å². The SMILES string of the molecule is C=C(Cl)CNC(C)c1ccc(Br)cc1F. The molecular formula is C11H12BrClFN. The van der Waals surface area contributed by atoms with Gasteiger partial charge in [0.2, 0.25) is 0 Å². The van der Waals surface area contributed by atoms with Crippen molar-refractivity contribution < 1.29 is 4.39 Å². The second-order valence-corrected chi connectivity index (χ2v) is 4.74. The maximum Gasteiger partial charge on any atom is 0.129 e. The summed E-state index contributed by atoms with van der Waals surface area (Å²) in [5.74, 6) is -0.232. The van der Waals surface area contributed by atoms with Gasteiger partial charge in [-0.15, -0.1) is 0 Å². The molecule has 1 N–H and O–H groups in total. The fraction of sp³-hybridized carbons (Fsp3) is 0.273. The van der Waals surface area contributed by atoms with Crippen LogP contribution in [0.2, 0.25) is 0 Å². The smallest absolute Gasteiger partial charge is 0.129 e. The minimum atomic E-state index is -0.232. The molecule has 1 unspecified atom stereocenters. The molecule has 0 aliphatic carbocycles. The zero-order valence-corrected chi connectivity index (χ0v) is 10.7. The zero-order chi connectivity index (χ0) is 11.4. The van der Waals surface area contributed by atoms with E-state index >= 15 is 0 Å². The van der Waals surface area contributed by atoms with Gasteiger partial charge < -0.3 is 5.32 Å². The van der Waals surface area contributed by atoms with E-state index in [2.05, 4.69) is 27.8 Å². The molecule has 15 heavy (non-hydrogen) atoms. The predicted octanol–water partition coefficient (Wildman–Crippen LogP) is 3.99. The molecule has 1 aromatic rings. The van der Waals surface area contributed by atoms with E-state index in [1.54, 1.807) is 6.07 Å². The molecule has 0 amide bonds. The molecule has 0 aromatic heterocycles. The molecular weight excluding hydrogens is 280 g/mol. The van der Waals surface area contributed by atoms with Crippen LogP contribution in [0.5, 0.6) is 0 Å². The summed E-state index contributed by atoms with van der Waals surface area (Å²) in [6, 6.07) is 4.91. The summed E-state index contributed by atoms with van der Waals surface area (Å²) in [7, 11) is 0. The molecule has 0 radical (unpaired) electrons. The molecule has 0 saturated carbocycles. The Kier molecular flexibility index (Phi) is 4.77. The van der Waals surface area contributed by atoms with Gasteiger partial charge in [-0.25, -0.2) is 4.39 Å². The molecule has 82 valence electrons. The first-order valence-corrected chi connectivity index (χ1v) is 5.69. The summed E-state index contributed by atoms with van der Waals surface area (Å²) < 4.78 is 14.2. The fourth-order valence-corrected chi connectivity index (χ4v) is 1.64. The summed E-state index contributed by atoms with van der Waals surface area (Å²) >= 11 is 8.83. The number of halogens is 3. The lowest BCUT2D eigenvalue weighted by Crippen LogP contribution is -2.20. The Labute approximate surface area is 102 Å². The summed E-state index contributed by atoms with van der Waals surface area (Å²) in [4.78, 5) is 0. The van der Waals surface area contributed by atoms with E-state index in [9.17, 15) is 4.39 Å². The highest BCUT2D eigenvalue weighted by Crippen LogP contribution is 2.20. The molecule has 0 bridgehead atoms. The van der Waals surface area contributed by atoms with E-state index < -0.39 is 0 Å². The molecule has 4 heteroatoms. The van der Waals surface area contributed by atoms with E-state index in [1.165, 1.54) is 6.07 Å². The molecule has 0 spiro atoms. The van der Waals surface area contributed by atoms with Crippen molar-refractivity contribution in [3.05, 3.63) is 45.7 Å². The van der Waals surface area contributed by atoms with Crippen LogP contribution in [-0.4, -0.2) is 6.54 Å². The Morgan fingerprint density at radius 3 is 2.87 bits per heavy atom. The monoisotopic (exact) mass is 291 g/mol. The lowest BCUT2D eigenvalue weighted by molar-refractivity contribution is 0.547. The lowest BCUT2D eigenvalue weighted by atomic mass is 10.1. The van der Waals surface area contributed by atoms with Gasteiger partial charge >= 0.3 is 0 Å². The van der Waals surface area contributed by atoms with E-state index in [0.29, 0.717) is 17.1 Å². The maximum atomic E-state index is 13.5. The van der Waals surface area contributed by atoms with E-state index in [0.717, 1.165) is 4.47 Å². The number of hydrogen-bond donors (Lipinski definition) is 1. The Hall–Kier alpha value is -0.380. The van der Waals surface area contributed by atoms with E-state index in [1.807, 2.05) is 13.0 Å². The van der Waals surface area contributed by atoms with Crippen molar-refractivity contribution in [1.82, 2.24) is 5.32 Å². The largest absolute Gasteiger partial charge is 0.305 e. The van der Waals surface area contributed by atoms with Gasteiger partial charge in [0.1, 0.15) is 5.82 Å². The fourth-order valence-electron chi connectivity index (χ4n) is 1.23. The molecule has 1 nitrogen and oxygen atoms in total. The quantitative estimate of drug-likeness (QED) is 0.885. The van der Waals surface area contributed by atoms with Crippen LogP contribution in [-0.2, 0) is 0 Å². The first kappa shape index (κ1) is 12.7. The van der Waals surface area contributed by atoms with Gasteiger partial charge in [0, 0.05) is 27.7 Å². The molecule has 1 atom stereocenters. The number of nitrogens with one attached hydrogen (secondary N) is 1. The Bertz CT molecular complexity index is 368. The van der Waals surface area contributed by atoms with Gasteiger partial charge in [-0.1, -0.05) is 40.2 Å². The molecule has 0 aliphatic rings. The number of benzene rings is 1. The molecule has 0 heterocycles. The van der Waals surface area contributed by atoms with Crippen molar-refractivity contribution in [3.8, 4) is 0 Å². The highest BCUT2D eigenvalue weighted by Gasteiger charge is 2.10. The summed E-state index contributed by atoms with van der Waals surface area (Å²) in [6.07, 6.45) is 0. The second kappa shape index (κ2) is 5.64. The van der Waals surface area contributed by atoms with Crippen LogP contribution in [0.3, 0.4) is 0 Å². The van der Waals surface area contributed by atoms with Gasteiger partial charge in [-0.3, -0.25) is 0 Å². The first-order chi connectivity index (χ1) is 7.00. The predicted molar refractivity (Wildman–Crippen MR) is 65.5 cm³/mol. The Morgan fingerprint density at radius 1 is 1.67 bits per heavy atom. The van der Waals surface area contributed by atoms with Crippen molar-refractivity contribution in [1.29, 1.82) is 0 Å². The van der Waals surface area contributed by atoms with Crippen molar-refractivity contribution in [2.75, 3.05) is 6.54 Å². The van der Waals surface area contributed by atoms with E-state index in [4.69, 9.17) is 11.6 Å². The highest BCUT2D eigenvalue weighted by molar-refractivity contribution is 9.10. The third kappa shape index (κ3) is 3.93. The van der Waals surface area contributed by atoms with Gasteiger partial charge in [-0.2, -0.15) is 0 Å². The molecule has 0 fully saturated rings. The van der Waals surface area contributed by atoms with Gasteiger partial charge in [0.25, 0.3) is 0 Å². The molecule has 1 rings (SSSR count). The topological polar surface area (TPSA) is 12.0 Å². The third-order valence-electron chi connectivity index (χ3n) is 2.03. The number of hydrogen-bond acceptors (Lipinski definition) is 1. The van der Waals surface area contributed by atoms with Crippen LogP contribution in [0.25, 0.3) is 0 Å². The summed E-state index contributed by atoms with van der Waals surface area (Å²) in [5.41, 5.74) is 0.621. The van der Waals surface area contributed by atoms with Crippen LogP contribution in [0.1, 0.15) is 18.5 Å². The average Bonchev–Trinajstić information content (AvgIpc) is 2.14. The van der Waals surface area contributed by atoms with Crippen LogP contribution >= 0.6 is 27.5 Å². The van der Waals surface area contributed by atoms with Crippen LogP contribution in [0.4, 0.5) is 4.39 Å². The minimum Gasteiger partial charge on any atom is -0.305 e. The number of rotatable bonds is 4. The normalized spacial score (nSPS) is 12.5. The van der Waals surface area contributed by atoms with E-state index in [-0.39, 0.29) is 11.9 Å². The lowest BCUT2D eigenvalue weighted by Gasteiger charge is -2.14. The minimum absolute atomic E-state index is 0.0893. The Balaban J connectivity index is 2.73. The highest BCUT2D eigenvalue weighted by atomic mass is 79.9. The average molecular weight is 293 g/mol.